The predicted molar refractivity (Wildman–Crippen MR) is 151 cm³/mol. The van der Waals surface area contributed by atoms with E-state index in [1.54, 1.807) is 11.0 Å². The largest absolute Gasteiger partial charge is 0.383 e. The number of amides is 1. The zero-order chi connectivity index (χ0) is 26.3. The number of ether oxygens (including phenoxy) is 2. The number of thiazole rings is 1. The van der Waals surface area contributed by atoms with Gasteiger partial charge < -0.3 is 14.4 Å². The summed E-state index contributed by atoms with van der Waals surface area (Å²) >= 11 is 7.69. The molecule has 0 radical (unpaired) electrons. The van der Waals surface area contributed by atoms with Crippen LogP contribution in [0.2, 0.25) is 5.02 Å². The maximum Gasteiger partial charge on any atom is 0.260 e. The number of carbonyl (C=O) groups excluding carboxylic acids is 1. The standard InChI is InChI=1S/C24H31ClN4O5S2.ClH/c1-27(2)12-13-29(24-26-22-20(25)6-5-7-21(22)35-24)23(30)18-8-10-19(11-9-18)36(31,32)28(14-16-33-3)15-17-34-4;/h5-11H,12-17H2,1-4H3;1H. The third kappa shape index (κ3) is 7.84. The molecule has 0 N–H and O–H groups in total. The Morgan fingerprint density at radius 2 is 1.59 bits per heavy atom. The number of anilines is 1. The fraction of sp³-hybridized carbons (Fsp3) is 0.417. The second-order valence-electron chi connectivity index (χ2n) is 8.26. The maximum absolute atomic E-state index is 13.5. The second-order valence-corrected chi connectivity index (χ2v) is 11.6. The molecule has 9 nitrogen and oxygen atoms in total. The molecule has 0 unspecified atom stereocenters. The highest BCUT2D eigenvalue weighted by molar-refractivity contribution is 7.89. The number of nitrogens with zero attached hydrogens (tertiary/aromatic N) is 4. The highest BCUT2D eigenvalue weighted by Crippen LogP contribution is 2.33. The Bertz CT molecular complexity index is 1260. The van der Waals surface area contributed by atoms with Gasteiger partial charge in [-0.05, 0) is 50.5 Å². The normalized spacial score (nSPS) is 11.8. The van der Waals surface area contributed by atoms with Crippen molar-refractivity contribution >= 4 is 66.6 Å². The van der Waals surface area contributed by atoms with Gasteiger partial charge in [0, 0.05) is 46.0 Å². The minimum Gasteiger partial charge on any atom is -0.383 e. The molecule has 0 aliphatic heterocycles. The molecule has 204 valence electrons. The lowest BCUT2D eigenvalue weighted by Crippen LogP contribution is -2.37. The number of fused-ring (bicyclic) bond motifs is 1. The van der Waals surface area contributed by atoms with E-state index >= 15 is 0 Å². The van der Waals surface area contributed by atoms with Gasteiger partial charge in [-0.3, -0.25) is 9.69 Å². The summed E-state index contributed by atoms with van der Waals surface area (Å²) in [7, 11) is 3.10. The highest BCUT2D eigenvalue weighted by Gasteiger charge is 2.26. The Kier molecular flexibility index (Phi) is 12.2. The average Bonchev–Trinajstić information content (AvgIpc) is 3.29. The van der Waals surface area contributed by atoms with E-state index in [2.05, 4.69) is 4.98 Å². The maximum atomic E-state index is 13.5. The van der Waals surface area contributed by atoms with E-state index in [1.807, 2.05) is 31.1 Å². The fourth-order valence-electron chi connectivity index (χ4n) is 3.42. The van der Waals surface area contributed by atoms with Crippen molar-refractivity contribution < 1.29 is 22.7 Å². The molecule has 0 saturated carbocycles. The molecular weight excluding hydrogens is 559 g/mol. The quantitative estimate of drug-likeness (QED) is 0.298. The van der Waals surface area contributed by atoms with Crippen LogP contribution in [0.4, 0.5) is 5.13 Å². The first-order chi connectivity index (χ1) is 17.2. The van der Waals surface area contributed by atoms with Gasteiger partial charge in [-0.2, -0.15) is 4.31 Å². The van der Waals surface area contributed by atoms with Crippen molar-refractivity contribution in [3.8, 4) is 0 Å². The summed E-state index contributed by atoms with van der Waals surface area (Å²) in [6.07, 6.45) is 0. The van der Waals surface area contributed by atoms with Crippen LogP contribution in [0.1, 0.15) is 10.4 Å². The molecule has 1 heterocycles. The molecule has 2 aromatic carbocycles. The molecule has 0 atom stereocenters. The SMILES string of the molecule is COCCN(CCOC)S(=O)(=O)c1ccc(C(=O)N(CCN(C)C)c2nc3c(Cl)cccc3s2)cc1.Cl. The molecule has 0 bridgehead atoms. The smallest absolute Gasteiger partial charge is 0.260 e. The van der Waals surface area contributed by atoms with Crippen molar-refractivity contribution in [1.82, 2.24) is 14.2 Å². The lowest BCUT2D eigenvalue weighted by atomic mass is 10.2. The molecule has 13 heteroatoms. The van der Waals surface area contributed by atoms with E-state index in [0.717, 1.165) is 4.70 Å². The Morgan fingerprint density at radius 1 is 0.973 bits per heavy atom. The number of likely N-dealkylation sites (N-methyl/N-ethyl adjacent to an activating group) is 1. The highest BCUT2D eigenvalue weighted by atomic mass is 35.5. The van der Waals surface area contributed by atoms with Crippen molar-refractivity contribution in [1.29, 1.82) is 0 Å². The van der Waals surface area contributed by atoms with Gasteiger partial charge >= 0.3 is 0 Å². The number of para-hydroxylation sites is 1. The Morgan fingerprint density at radius 3 is 2.14 bits per heavy atom. The molecule has 1 amide bonds. The Labute approximate surface area is 233 Å². The van der Waals surface area contributed by atoms with Gasteiger partial charge in [0.2, 0.25) is 10.0 Å². The summed E-state index contributed by atoms with van der Waals surface area (Å²) < 4.78 is 38.7. The van der Waals surface area contributed by atoms with Crippen LogP contribution in [-0.4, -0.2) is 96.2 Å². The van der Waals surface area contributed by atoms with Gasteiger partial charge in [-0.1, -0.05) is 29.0 Å². The van der Waals surface area contributed by atoms with Gasteiger partial charge in [0.1, 0.15) is 5.52 Å². The number of hydrogen-bond acceptors (Lipinski definition) is 8. The summed E-state index contributed by atoms with van der Waals surface area (Å²) in [6.45, 7) is 1.93. The molecule has 0 aliphatic carbocycles. The first kappa shape index (κ1) is 31.4. The van der Waals surface area contributed by atoms with Crippen LogP contribution in [0.3, 0.4) is 0 Å². The average molecular weight is 592 g/mol. The van der Waals surface area contributed by atoms with E-state index in [-0.39, 0.29) is 49.5 Å². The van der Waals surface area contributed by atoms with Crippen LogP contribution >= 0.6 is 35.3 Å². The number of hydrogen-bond donors (Lipinski definition) is 0. The molecule has 37 heavy (non-hydrogen) atoms. The van der Waals surface area contributed by atoms with Crippen molar-refractivity contribution in [3.63, 3.8) is 0 Å². The topological polar surface area (TPSA) is 92.3 Å². The third-order valence-electron chi connectivity index (χ3n) is 5.43. The Balaban J connectivity index is 0.00000481. The van der Waals surface area contributed by atoms with Crippen molar-refractivity contribution in [2.45, 2.75) is 4.90 Å². The molecular formula is C24H32Cl2N4O5S2. The minimum atomic E-state index is -3.79. The summed E-state index contributed by atoms with van der Waals surface area (Å²) in [5.74, 6) is -0.272. The molecule has 0 saturated heterocycles. The van der Waals surface area contributed by atoms with Crippen LogP contribution in [0, 0.1) is 0 Å². The monoisotopic (exact) mass is 590 g/mol. The number of benzene rings is 2. The van der Waals surface area contributed by atoms with Gasteiger partial charge in [-0.25, -0.2) is 13.4 Å². The molecule has 0 aliphatic rings. The summed E-state index contributed by atoms with van der Waals surface area (Å²) in [5.41, 5.74) is 1.01. The predicted octanol–water partition coefficient (Wildman–Crippen LogP) is 3.86. The summed E-state index contributed by atoms with van der Waals surface area (Å²) in [4.78, 5) is 21.8. The summed E-state index contributed by atoms with van der Waals surface area (Å²) in [5, 5.41) is 1.06. The number of halogens is 2. The van der Waals surface area contributed by atoms with Crippen molar-refractivity contribution in [2.24, 2.45) is 0 Å². The van der Waals surface area contributed by atoms with Crippen LogP contribution < -0.4 is 4.90 Å². The van der Waals surface area contributed by atoms with Gasteiger partial charge in [0.05, 0.1) is 27.8 Å². The zero-order valence-corrected chi connectivity index (χ0v) is 24.4. The van der Waals surface area contributed by atoms with Gasteiger partial charge in [0.15, 0.2) is 5.13 Å². The third-order valence-corrected chi connectivity index (χ3v) is 8.70. The summed E-state index contributed by atoms with van der Waals surface area (Å²) in [6, 6.07) is 11.5. The fourth-order valence-corrected chi connectivity index (χ4v) is 6.11. The molecule has 0 fully saturated rings. The van der Waals surface area contributed by atoms with E-state index in [4.69, 9.17) is 21.1 Å². The van der Waals surface area contributed by atoms with Crippen LogP contribution in [0.25, 0.3) is 10.2 Å². The number of rotatable bonds is 13. The Hall–Kier alpha value is -1.83. The number of aromatic nitrogens is 1. The molecule has 0 spiro atoms. The first-order valence-corrected chi connectivity index (χ1v) is 13.9. The van der Waals surface area contributed by atoms with Gasteiger partial charge in [-0.15, -0.1) is 12.4 Å². The lowest BCUT2D eigenvalue weighted by Gasteiger charge is -2.23. The number of methoxy groups -OCH3 is 2. The van der Waals surface area contributed by atoms with Crippen LogP contribution in [-0.2, 0) is 19.5 Å². The van der Waals surface area contributed by atoms with Crippen molar-refractivity contribution in [2.75, 3.05) is 72.6 Å². The van der Waals surface area contributed by atoms with Crippen LogP contribution in [0.5, 0.6) is 0 Å². The van der Waals surface area contributed by atoms with Crippen molar-refractivity contribution in [3.05, 3.63) is 53.1 Å². The van der Waals surface area contributed by atoms with E-state index in [1.165, 1.54) is 54.1 Å². The minimum absolute atomic E-state index is 0. The molecule has 1 aromatic heterocycles. The zero-order valence-electron chi connectivity index (χ0n) is 21.2. The van der Waals surface area contributed by atoms with E-state index in [0.29, 0.717) is 34.3 Å². The number of carbonyl (C=O) groups is 1. The van der Waals surface area contributed by atoms with Gasteiger partial charge in [0.25, 0.3) is 5.91 Å². The lowest BCUT2D eigenvalue weighted by molar-refractivity contribution is 0.0985. The molecule has 3 rings (SSSR count). The van der Waals surface area contributed by atoms with Crippen LogP contribution in [0.15, 0.2) is 47.4 Å². The van der Waals surface area contributed by atoms with E-state index in [9.17, 15) is 13.2 Å². The number of sulfonamides is 1. The molecule has 3 aromatic rings. The van der Waals surface area contributed by atoms with E-state index < -0.39 is 10.0 Å². The first-order valence-electron chi connectivity index (χ1n) is 11.3. The second kappa shape index (κ2) is 14.4.